The van der Waals surface area contributed by atoms with Crippen molar-refractivity contribution in [2.24, 2.45) is 4.99 Å². The Kier molecular flexibility index (Phi) is 5.48. The van der Waals surface area contributed by atoms with Crippen LogP contribution < -0.4 is 0 Å². The van der Waals surface area contributed by atoms with E-state index in [1.807, 2.05) is 18.2 Å². The third kappa shape index (κ3) is 4.17. The van der Waals surface area contributed by atoms with Crippen LogP contribution in [0.1, 0.15) is 29.5 Å². The third-order valence-electron chi connectivity index (χ3n) is 4.97. The van der Waals surface area contributed by atoms with Crippen molar-refractivity contribution < 1.29 is 17.6 Å². The second-order valence-corrected chi connectivity index (χ2v) is 7.03. The molecule has 3 aromatic rings. The highest BCUT2D eigenvalue weighted by atomic mass is 19.4. The molecule has 0 unspecified atom stereocenters. The van der Waals surface area contributed by atoms with E-state index in [1.165, 1.54) is 30.3 Å². The summed E-state index contributed by atoms with van der Waals surface area (Å²) in [5.41, 5.74) is 2.17. The van der Waals surface area contributed by atoms with Crippen LogP contribution in [0, 0.1) is 5.82 Å². The van der Waals surface area contributed by atoms with Gasteiger partial charge >= 0.3 is 6.18 Å². The summed E-state index contributed by atoms with van der Waals surface area (Å²) in [5, 5.41) is 0. The van der Waals surface area contributed by atoms with Gasteiger partial charge in [-0.15, -0.1) is 0 Å². The van der Waals surface area contributed by atoms with E-state index in [0.29, 0.717) is 12.1 Å². The van der Waals surface area contributed by atoms with Crippen molar-refractivity contribution in [3.05, 3.63) is 95.1 Å². The lowest BCUT2D eigenvalue weighted by atomic mass is 9.93. The van der Waals surface area contributed by atoms with Gasteiger partial charge in [-0.05, 0) is 65.9 Å². The highest BCUT2D eigenvalue weighted by Gasteiger charge is 2.33. The van der Waals surface area contributed by atoms with E-state index in [4.69, 9.17) is 0 Å². The Balaban J connectivity index is 1.78. The average Bonchev–Trinajstić information content (AvgIpc) is 2.75. The zero-order chi connectivity index (χ0) is 21.1. The quantitative estimate of drug-likeness (QED) is 0.448. The summed E-state index contributed by atoms with van der Waals surface area (Å²) in [4.78, 5) is 8.74. The number of aromatic nitrogens is 1. The van der Waals surface area contributed by atoms with Gasteiger partial charge in [0.05, 0.1) is 11.3 Å². The van der Waals surface area contributed by atoms with E-state index in [9.17, 15) is 17.6 Å². The van der Waals surface area contributed by atoms with Crippen LogP contribution in [0.15, 0.2) is 77.6 Å². The van der Waals surface area contributed by atoms with Gasteiger partial charge in [-0.25, -0.2) is 4.39 Å². The number of nitrogens with zero attached hydrogens (tertiary/aromatic N) is 2. The van der Waals surface area contributed by atoms with E-state index < -0.39 is 17.6 Å². The Morgan fingerprint density at radius 3 is 2.53 bits per heavy atom. The van der Waals surface area contributed by atoms with Crippen molar-refractivity contribution in [2.75, 3.05) is 6.54 Å². The zero-order valence-corrected chi connectivity index (χ0v) is 16.0. The lowest BCUT2D eigenvalue weighted by Crippen LogP contribution is -2.12. The van der Waals surface area contributed by atoms with E-state index in [0.717, 1.165) is 35.8 Å². The number of pyridine rings is 1. The molecule has 2 heterocycles. The summed E-state index contributed by atoms with van der Waals surface area (Å²) >= 11 is 0. The van der Waals surface area contributed by atoms with E-state index in [2.05, 4.69) is 9.98 Å². The molecule has 0 fully saturated rings. The number of benzene rings is 2. The molecule has 1 aliphatic rings. The standard InChI is InChI=1S/C24H18F4N2/c25-22-10-9-16(14-20(22)19-7-1-2-8-21(19)24(26,27)28)13-17-5-4-12-30-23(17)18-6-3-11-29-15-18/h1-3,6-11,13-15H,4-5,12H2/b17-13-. The summed E-state index contributed by atoms with van der Waals surface area (Å²) in [6, 6.07) is 13.0. The fourth-order valence-corrected chi connectivity index (χ4v) is 3.61. The highest BCUT2D eigenvalue weighted by molar-refractivity contribution is 6.15. The van der Waals surface area contributed by atoms with Gasteiger partial charge in [0, 0.05) is 30.1 Å². The lowest BCUT2D eigenvalue weighted by molar-refractivity contribution is -0.137. The monoisotopic (exact) mass is 410 g/mol. The van der Waals surface area contributed by atoms with Crippen LogP contribution in [0.25, 0.3) is 17.2 Å². The van der Waals surface area contributed by atoms with E-state index in [1.54, 1.807) is 18.5 Å². The van der Waals surface area contributed by atoms with Crippen LogP contribution in [0.3, 0.4) is 0 Å². The molecule has 0 aliphatic carbocycles. The minimum Gasteiger partial charge on any atom is -0.284 e. The number of halogens is 4. The number of rotatable bonds is 3. The first-order chi connectivity index (χ1) is 14.4. The number of hydrogen-bond acceptors (Lipinski definition) is 2. The van der Waals surface area contributed by atoms with E-state index in [-0.39, 0.29) is 11.1 Å². The smallest absolute Gasteiger partial charge is 0.284 e. The molecule has 2 aromatic carbocycles. The predicted octanol–water partition coefficient (Wildman–Crippen LogP) is 6.57. The molecule has 0 radical (unpaired) electrons. The molecule has 30 heavy (non-hydrogen) atoms. The molecule has 0 spiro atoms. The molecule has 1 aromatic heterocycles. The highest BCUT2D eigenvalue weighted by Crippen LogP contribution is 2.38. The molecule has 0 saturated heterocycles. The normalized spacial score (nSPS) is 15.9. The maximum Gasteiger partial charge on any atom is 0.417 e. The van der Waals surface area contributed by atoms with Gasteiger partial charge in [0.2, 0.25) is 0 Å². The van der Waals surface area contributed by atoms with Crippen molar-refractivity contribution >= 4 is 11.8 Å². The fourth-order valence-electron chi connectivity index (χ4n) is 3.61. The van der Waals surface area contributed by atoms with Gasteiger partial charge in [0.25, 0.3) is 0 Å². The van der Waals surface area contributed by atoms with Gasteiger partial charge in [-0.3, -0.25) is 9.98 Å². The third-order valence-corrected chi connectivity index (χ3v) is 4.97. The Bertz CT molecular complexity index is 1120. The van der Waals surface area contributed by atoms with Gasteiger partial charge < -0.3 is 0 Å². The SMILES string of the molecule is Fc1ccc(/C=C2/CCCN=C2c2cccnc2)cc1-c1ccccc1C(F)(F)F. The van der Waals surface area contributed by atoms with Crippen LogP contribution in [-0.4, -0.2) is 17.2 Å². The van der Waals surface area contributed by atoms with Crippen LogP contribution >= 0.6 is 0 Å². The average molecular weight is 410 g/mol. The number of hydrogen-bond donors (Lipinski definition) is 0. The summed E-state index contributed by atoms with van der Waals surface area (Å²) in [7, 11) is 0. The first kappa shape index (κ1) is 20.0. The minimum atomic E-state index is -4.57. The predicted molar refractivity (Wildman–Crippen MR) is 110 cm³/mol. The Morgan fingerprint density at radius 1 is 0.933 bits per heavy atom. The van der Waals surface area contributed by atoms with Crippen LogP contribution in [0.5, 0.6) is 0 Å². The maximum atomic E-state index is 14.5. The fraction of sp³-hybridized carbons (Fsp3) is 0.167. The summed E-state index contributed by atoms with van der Waals surface area (Å²) in [6.07, 6.45) is 2.36. The Labute approximate surface area is 171 Å². The number of aliphatic imine (C=N–C) groups is 1. The van der Waals surface area contributed by atoms with Crippen LogP contribution in [0.4, 0.5) is 17.6 Å². The van der Waals surface area contributed by atoms with Gasteiger partial charge in [0.15, 0.2) is 0 Å². The molecule has 0 N–H and O–H groups in total. The summed E-state index contributed by atoms with van der Waals surface area (Å²) < 4.78 is 54.8. The minimum absolute atomic E-state index is 0.0760. The Hall–Kier alpha value is -3.28. The molecule has 0 atom stereocenters. The molecule has 0 amide bonds. The topological polar surface area (TPSA) is 25.2 Å². The van der Waals surface area contributed by atoms with Crippen molar-refractivity contribution in [3.63, 3.8) is 0 Å². The molecular formula is C24H18F4N2. The van der Waals surface area contributed by atoms with Crippen molar-refractivity contribution in [2.45, 2.75) is 19.0 Å². The van der Waals surface area contributed by atoms with Crippen molar-refractivity contribution in [1.29, 1.82) is 0 Å². The molecule has 152 valence electrons. The summed E-state index contributed by atoms with van der Waals surface area (Å²) in [5.74, 6) is -0.696. The van der Waals surface area contributed by atoms with Crippen molar-refractivity contribution in [3.8, 4) is 11.1 Å². The first-order valence-electron chi connectivity index (χ1n) is 9.55. The van der Waals surface area contributed by atoms with Crippen molar-refractivity contribution in [1.82, 2.24) is 4.98 Å². The zero-order valence-electron chi connectivity index (χ0n) is 16.0. The largest absolute Gasteiger partial charge is 0.417 e. The molecule has 4 rings (SSSR count). The molecule has 2 nitrogen and oxygen atoms in total. The van der Waals surface area contributed by atoms with Gasteiger partial charge in [-0.1, -0.05) is 24.3 Å². The molecule has 0 bridgehead atoms. The van der Waals surface area contributed by atoms with Gasteiger partial charge in [0.1, 0.15) is 5.82 Å². The van der Waals surface area contributed by atoms with Crippen LogP contribution in [-0.2, 0) is 6.18 Å². The van der Waals surface area contributed by atoms with Gasteiger partial charge in [-0.2, -0.15) is 13.2 Å². The number of alkyl halides is 3. The second kappa shape index (κ2) is 8.22. The summed E-state index contributed by atoms with van der Waals surface area (Å²) in [6.45, 7) is 0.704. The molecular weight excluding hydrogens is 392 g/mol. The molecule has 6 heteroatoms. The van der Waals surface area contributed by atoms with E-state index >= 15 is 0 Å². The van der Waals surface area contributed by atoms with Crippen LogP contribution in [0.2, 0.25) is 0 Å². The Morgan fingerprint density at radius 2 is 1.77 bits per heavy atom. The lowest BCUT2D eigenvalue weighted by Gasteiger charge is -2.17. The maximum absolute atomic E-state index is 14.5. The molecule has 0 saturated carbocycles. The molecule has 1 aliphatic heterocycles. The number of allylic oxidation sites excluding steroid dienone is 1. The first-order valence-corrected chi connectivity index (χ1v) is 9.55. The second-order valence-electron chi connectivity index (χ2n) is 7.03.